The van der Waals surface area contributed by atoms with Crippen molar-refractivity contribution in [1.29, 1.82) is 0 Å². The number of imide groups is 2. The molecule has 45 heavy (non-hydrogen) atoms. The van der Waals surface area contributed by atoms with Crippen LogP contribution in [-0.4, -0.2) is 77.8 Å². The first-order valence-corrected chi connectivity index (χ1v) is 17.3. The number of likely N-dealkylation sites (tertiary alicyclic amines) is 3. The number of phenols is 1. The average Bonchev–Trinajstić information content (AvgIpc) is 3.37. The van der Waals surface area contributed by atoms with Gasteiger partial charge in [0.05, 0.1) is 17.3 Å². The summed E-state index contributed by atoms with van der Waals surface area (Å²) in [5.74, 6) is -4.16. The highest BCUT2D eigenvalue weighted by molar-refractivity contribution is 9.09. The largest absolute Gasteiger partial charge is 0.508 e. The van der Waals surface area contributed by atoms with Crippen LogP contribution in [0.4, 0.5) is 0 Å². The van der Waals surface area contributed by atoms with Gasteiger partial charge in [-0.2, -0.15) is 0 Å². The first kappa shape index (κ1) is 30.9. The number of benzene rings is 2. The van der Waals surface area contributed by atoms with Gasteiger partial charge in [0.15, 0.2) is 9.75 Å². The van der Waals surface area contributed by atoms with Crippen LogP contribution in [0.5, 0.6) is 5.75 Å². The minimum Gasteiger partial charge on any atom is -0.508 e. The summed E-state index contributed by atoms with van der Waals surface area (Å²) in [5, 5.41) is 10.3. The lowest BCUT2D eigenvalue weighted by Gasteiger charge is -2.50. The number of hydrogen-bond donors (Lipinski definition) is 1. The molecule has 3 heterocycles. The van der Waals surface area contributed by atoms with Crippen molar-refractivity contribution in [3.05, 3.63) is 76.9 Å². The number of alkyl halides is 3. The van der Waals surface area contributed by atoms with Gasteiger partial charge in [0.25, 0.3) is 11.8 Å². The number of rotatable bonds is 5. The van der Waals surface area contributed by atoms with Crippen LogP contribution in [0.15, 0.2) is 60.2 Å². The Morgan fingerprint density at radius 3 is 2.33 bits per heavy atom. The summed E-state index contributed by atoms with van der Waals surface area (Å²) < 4.78 is 0. The second-order valence-corrected chi connectivity index (χ2v) is 14.8. The standard InChI is InChI=1S/C34H34BrCl2N3O5/c1-19-15-21(7-10-26(19)41)28-23-8-9-24-27(25(23)16-33(36)31(44)39(18-35)32(45)34(28,33)37)30(43)40(29(24)42)22-11-13-38(14-12-22)17-20-5-3-2-4-6-20/h2-8,10,15,22,24-25,27-28,41H,9,11-14,16-18H2,1H3. The van der Waals surface area contributed by atoms with E-state index in [2.05, 4.69) is 33.0 Å². The summed E-state index contributed by atoms with van der Waals surface area (Å²) in [6, 6.07) is 15.0. The Balaban J connectivity index is 1.21. The zero-order chi connectivity index (χ0) is 31.8. The highest BCUT2D eigenvalue weighted by atomic mass is 79.9. The molecule has 1 N–H and O–H groups in total. The lowest BCUT2D eigenvalue weighted by molar-refractivity contribution is -0.144. The molecule has 4 fully saturated rings. The van der Waals surface area contributed by atoms with Crippen LogP contribution >= 0.6 is 39.1 Å². The normalized spacial score (nSPS) is 33.7. The number of allylic oxidation sites excluding steroid dienone is 2. The lowest BCUT2D eigenvalue weighted by Crippen LogP contribution is -2.60. The number of aromatic hydroxyl groups is 1. The molecule has 7 rings (SSSR count). The number of amides is 4. The number of halogens is 3. The molecular weight excluding hydrogens is 681 g/mol. The summed E-state index contributed by atoms with van der Waals surface area (Å²) in [5.41, 5.74) is 3.12. The maximum Gasteiger partial charge on any atom is 0.254 e. The fourth-order valence-corrected chi connectivity index (χ4v) is 9.97. The molecule has 0 spiro atoms. The Morgan fingerprint density at radius 1 is 0.956 bits per heavy atom. The van der Waals surface area contributed by atoms with Gasteiger partial charge in [0.1, 0.15) is 5.75 Å². The van der Waals surface area contributed by atoms with Crippen molar-refractivity contribution in [3.8, 4) is 5.75 Å². The molecular formula is C34H34BrCl2N3O5. The first-order chi connectivity index (χ1) is 21.5. The Hall–Kier alpha value is -2.72. The first-order valence-electron chi connectivity index (χ1n) is 15.4. The third kappa shape index (κ3) is 4.48. The van der Waals surface area contributed by atoms with Crippen LogP contribution in [0.2, 0.25) is 0 Å². The molecule has 0 bridgehead atoms. The number of fused-ring (bicyclic) bond motifs is 4. The van der Waals surface area contributed by atoms with Crippen molar-refractivity contribution in [2.45, 2.75) is 60.9 Å². The fraction of sp³-hybridized carbons (Fsp3) is 0.471. The number of aryl methyl sites for hydroxylation is 1. The van der Waals surface area contributed by atoms with E-state index in [4.69, 9.17) is 23.2 Å². The van der Waals surface area contributed by atoms with Crippen LogP contribution in [0.25, 0.3) is 0 Å². The molecule has 1 saturated carbocycles. The highest BCUT2D eigenvalue weighted by Crippen LogP contribution is 2.65. The van der Waals surface area contributed by atoms with E-state index in [1.165, 1.54) is 16.5 Å². The van der Waals surface area contributed by atoms with Gasteiger partial charge < -0.3 is 5.11 Å². The number of carbonyl (C=O) groups excluding carboxylic acids is 4. The zero-order valence-corrected chi connectivity index (χ0v) is 27.9. The van der Waals surface area contributed by atoms with Gasteiger partial charge in [0.2, 0.25) is 11.8 Å². The predicted octanol–water partition coefficient (Wildman–Crippen LogP) is 5.08. The number of carbonyl (C=O) groups is 4. The van der Waals surface area contributed by atoms with Gasteiger partial charge in [-0.05, 0) is 61.3 Å². The van der Waals surface area contributed by atoms with Crippen molar-refractivity contribution >= 4 is 62.8 Å². The summed E-state index contributed by atoms with van der Waals surface area (Å²) in [6.45, 7) is 4.12. The zero-order valence-electron chi connectivity index (χ0n) is 24.8. The van der Waals surface area contributed by atoms with Crippen LogP contribution in [0.3, 0.4) is 0 Å². The highest BCUT2D eigenvalue weighted by Gasteiger charge is 2.76. The Kier molecular flexibility index (Phi) is 7.70. The van der Waals surface area contributed by atoms with Crippen LogP contribution in [0, 0.1) is 24.7 Å². The number of nitrogens with zero attached hydrogens (tertiary/aromatic N) is 3. The third-order valence-corrected chi connectivity index (χ3v) is 12.7. The van der Waals surface area contributed by atoms with E-state index in [1.54, 1.807) is 19.1 Å². The van der Waals surface area contributed by atoms with E-state index in [-0.39, 0.29) is 35.5 Å². The molecule has 6 unspecified atom stereocenters. The van der Waals surface area contributed by atoms with Gasteiger partial charge >= 0.3 is 0 Å². The molecule has 2 aromatic rings. The van der Waals surface area contributed by atoms with E-state index in [0.29, 0.717) is 30.4 Å². The van der Waals surface area contributed by atoms with E-state index in [0.717, 1.165) is 30.1 Å². The van der Waals surface area contributed by atoms with Crippen molar-refractivity contribution < 1.29 is 24.3 Å². The minimum atomic E-state index is -1.85. The van der Waals surface area contributed by atoms with Gasteiger partial charge in [-0.15, -0.1) is 23.2 Å². The van der Waals surface area contributed by atoms with Crippen molar-refractivity contribution in [2.75, 3.05) is 18.5 Å². The summed E-state index contributed by atoms with van der Waals surface area (Å²) in [4.78, 5) is 57.2. The summed E-state index contributed by atoms with van der Waals surface area (Å²) in [6.07, 6.45) is 3.65. The van der Waals surface area contributed by atoms with Crippen molar-refractivity contribution in [2.24, 2.45) is 17.8 Å². The number of piperidine rings is 1. The van der Waals surface area contributed by atoms with Crippen molar-refractivity contribution in [3.63, 3.8) is 0 Å². The molecule has 236 valence electrons. The lowest BCUT2D eigenvalue weighted by atomic mass is 9.56. The molecule has 5 aliphatic rings. The summed E-state index contributed by atoms with van der Waals surface area (Å²) >= 11 is 17.9. The minimum absolute atomic E-state index is 0.0327. The third-order valence-electron chi connectivity index (χ3n) is 10.8. The molecule has 4 amide bonds. The van der Waals surface area contributed by atoms with Gasteiger partial charge in [0, 0.05) is 31.6 Å². The molecule has 8 nitrogen and oxygen atoms in total. The second kappa shape index (κ2) is 11.2. The van der Waals surface area contributed by atoms with Crippen molar-refractivity contribution in [1.82, 2.24) is 14.7 Å². The Labute approximate surface area is 280 Å². The van der Waals surface area contributed by atoms with E-state index >= 15 is 0 Å². The molecule has 3 aliphatic heterocycles. The van der Waals surface area contributed by atoms with E-state index in [9.17, 15) is 24.3 Å². The van der Waals surface area contributed by atoms with Gasteiger partial charge in [-0.3, -0.25) is 33.9 Å². The average molecular weight is 715 g/mol. The smallest absolute Gasteiger partial charge is 0.254 e. The van der Waals surface area contributed by atoms with Gasteiger partial charge in [-0.25, -0.2) is 0 Å². The topological polar surface area (TPSA) is 98.2 Å². The maximum atomic E-state index is 14.3. The predicted molar refractivity (Wildman–Crippen MR) is 173 cm³/mol. The summed E-state index contributed by atoms with van der Waals surface area (Å²) in [7, 11) is 0. The maximum absolute atomic E-state index is 14.3. The van der Waals surface area contributed by atoms with Crippen LogP contribution in [0.1, 0.15) is 48.3 Å². The molecule has 2 aromatic carbocycles. The quantitative estimate of drug-likeness (QED) is 0.201. The SMILES string of the molecule is Cc1cc(C2C3=CCC4C(=O)N(C5CCN(Cc6ccccc6)CC5)C(=O)C4C3CC3(Cl)C(=O)N(CBr)C(=O)C23Cl)ccc1O. The second-order valence-electron chi connectivity index (χ2n) is 13.1. The van der Waals surface area contributed by atoms with Crippen LogP contribution in [-0.2, 0) is 25.7 Å². The molecule has 2 aliphatic carbocycles. The Morgan fingerprint density at radius 2 is 1.67 bits per heavy atom. The van der Waals surface area contributed by atoms with Crippen LogP contribution < -0.4 is 0 Å². The molecule has 0 radical (unpaired) electrons. The molecule has 0 aromatic heterocycles. The monoisotopic (exact) mass is 713 g/mol. The molecule has 3 saturated heterocycles. The van der Waals surface area contributed by atoms with E-state index in [1.807, 2.05) is 24.3 Å². The number of phenolic OH excluding ortho intramolecular Hbond substituents is 1. The van der Waals surface area contributed by atoms with Gasteiger partial charge in [-0.1, -0.05) is 70.0 Å². The van der Waals surface area contributed by atoms with E-state index < -0.39 is 45.2 Å². The Bertz CT molecular complexity index is 1630. The molecule has 11 heteroatoms. The number of hydrogen-bond acceptors (Lipinski definition) is 6. The molecule has 6 atom stereocenters. The fourth-order valence-electron chi connectivity index (χ4n) is 8.55.